The molecule has 0 aliphatic heterocycles. The molecule has 5 nitrogen and oxygen atoms in total. The van der Waals surface area contributed by atoms with Crippen LogP contribution in [0.5, 0.6) is 0 Å². The van der Waals surface area contributed by atoms with Crippen molar-refractivity contribution >= 4 is 34.6 Å². The van der Waals surface area contributed by atoms with Crippen LogP contribution in [0.1, 0.15) is 26.0 Å². The maximum atomic E-state index is 7.85. The maximum absolute atomic E-state index is 7.85. The number of anilines is 1. The van der Waals surface area contributed by atoms with E-state index in [1.165, 1.54) is 0 Å². The van der Waals surface area contributed by atoms with Crippen molar-refractivity contribution in [3.63, 3.8) is 0 Å². The molecule has 0 aliphatic carbocycles. The summed E-state index contributed by atoms with van der Waals surface area (Å²) in [6.45, 7) is 5.58. The zero-order valence-corrected chi connectivity index (χ0v) is 11.9. The maximum Gasteiger partial charge on any atom is 0.224 e. The third-order valence-corrected chi connectivity index (χ3v) is 2.67. The normalized spacial score (nSPS) is 10.4. The summed E-state index contributed by atoms with van der Waals surface area (Å²) in [7, 11) is 0. The predicted octanol–water partition coefficient (Wildman–Crippen LogP) is 3.01. The molecule has 0 spiro atoms. The minimum absolute atomic E-state index is 0.0450. The molecule has 0 amide bonds. The van der Waals surface area contributed by atoms with Gasteiger partial charge in [0.2, 0.25) is 5.28 Å². The van der Waals surface area contributed by atoms with Crippen molar-refractivity contribution in [1.29, 1.82) is 5.41 Å². The lowest BCUT2D eigenvalue weighted by molar-refractivity contribution is 0.158. The minimum Gasteiger partial charge on any atom is -0.380 e. The molecule has 0 atom stereocenters. The van der Waals surface area contributed by atoms with Gasteiger partial charge in [-0.25, -0.2) is 9.97 Å². The molecule has 7 heteroatoms. The average molecular weight is 291 g/mol. The number of ether oxygens (including phenoxy) is 1. The monoisotopic (exact) mass is 290 g/mol. The van der Waals surface area contributed by atoms with Gasteiger partial charge in [0.05, 0.1) is 12.3 Å². The molecule has 0 bridgehead atoms. The molecule has 1 heterocycles. The number of nitrogens with zero attached hydrogens (tertiary/aromatic N) is 2. The zero-order valence-electron chi connectivity index (χ0n) is 10.4. The lowest BCUT2D eigenvalue weighted by Gasteiger charge is -2.12. The number of rotatable bonds is 7. The lowest BCUT2D eigenvalue weighted by atomic mass is 10.2. The van der Waals surface area contributed by atoms with Crippen molar-refractivity contribution in [1.82, 2.24) is 9.97 Å². The smallest absolute Gasteiger partial charge is 0.224 e. The number of aromatic nitrogens is 2. The van der Waals surface area contributed by atoms with Crippen LogP contribution in [0.2, 0.25) is 10.4 Å². The summed E-state index contributed by atoms with van der Waals surface area (Å²) in [6.07, 6.45) is 0.545. The molecule has 0 aromatic carbocycles. The van der Waals surface area contributed by atoms with Crippen molar-refractivity contribution < 1.29 is 4.74 Å². The number of hydrogen-bond acceptors (Lipinski definition) is 5. The average Bonchev–Trinajstić information content (AvgIpc) is 2.35. The van der Waals surface area contributed by atoms with Crippen molar-refractivity contribution in [3.8, 4) is 0 Å². The number of hydrogen-bond donors (Lipinski definition) is 2. The fraction of sp³-hybridized carbons (Fsp3) is 0.545. The van der Waals surface area contributed by atoms with Gasteiger partial charge in [0.15, 0.2) is 5.15 Å². The van der Waals surface area contributed by atoms with Gasteiger partial charge in [-0.2, -0.15) is 0 Å². The minimum atomic E-state index is 0.0450. The molecular weight excluding hydrogens is 275 g/mol. The van der Waals surface area contributed by atoms with Gasteiger partial charge in [0.1, 0.15) is 11.4 Å². The van der Waals surface area contributed by atoms with Crippen LogP contribution in [0.25, 0.3) is 0 Å². The van der Waals surface area contributed by atoms with Crippen LogP contribution in [-0.2, 0) is 4.74 Å². The van der Waals surface area contributed by atoms with E-state index in [0.29, 0.717) is 43.3 Å². The first-order valence-corrected chi connectivity index (χ1v) is 6.48. The molecule has 1 rings (SSSR count). The molecule has 100 valence electrons. The van der Waals surface area contributed by atoms with Crippen LogP contribution in [-0.4, -0.2) is 35.4 Å². The van der Waals surface area contributed by atoms with Crippen molar-refractivity contribution in [2.45, 2.75) is 20.3 Å². The van der Waals surface area contributed by atoms with E-state index in [4.69, 9.17) is 33.3 Å². The Bertz CT molecular complexity index is 426. The van der Waals surface area contributed by atoms with Gasteiger partial charge < -0.3 is 15.5 Å². The molecule has 18 heavy (non-hydrogen) atoms. The quantitative estimate of drug-likeness (QED) is 0.350. The fourth-order valence-corrected chi connectivity index (χ4v) is 1.79. The van der Waals surface area contributed by atoms with Gasteiger partial charge in [-0.15, -0.1) is 0 Å². The largest absolute Gasteiger partial charge is 0.380 e. The summed E-state index contributed by atoms with van der Waals surface area (Å²) < 4.78 is 5.22. The third-order valence-electron chi connectivity index (χ3n) is 2.23. The van der Waals surface area contributed by atoms with Gasteiger partial charge in [-0.3, -0.25) is 0 Å². The molecule has 0 saturated heterocycles. The highest BCUT2D eigenvalue weighted by Gasteiger charge is 2.15. The van der Waals surface area contributed by atoms with Gasteiger partial charge >= 0.3 is 0 Å². The van der Waals surface area contributed by atoms with E-state index in [1.54, 1.807) is 0 Å². The highest BCUT2D eigenvalue weighted by molar-refractivity contribution is 6.34. The SMILES string of the molecule is CCOCCNc1c(Cl)nc(Cl)nc1C(=N)CC. The summed E-state index contributed by atoms with van der Waals surface area (Å²) in [5, 5.41) is 11.2. The predicted molar refractivity (Wildman–Crippen MR) is 74.2 cm³/mol. The van der Waals surface area contributed by atoms with E-state index in [2.05, 4.69) is 15.3 Å². The zero-order chi connectivity index (χ0) is 13.5. The van der Waals surface area contributed by atoms with Gasteiger partial charge in [0.25, 0.3) is 0 Å². The summed E-state index contributed by atoms with van der Waals surface area (Å²) >= 11 is 11.8. The van der Waals surface area contributed by atoms with Crippen LogP contribution in [0.4, 0.5) is 5.69 Å². The molecule has 0 radical (unpaired) electrons. The van der Waals surface area contributed by atoms with Gasteiger partial charge in [-0.1, -0.05) is 18.5 Å². The Balaban J connectivity index is 2.90. The fourth-order valence-electron chi connectivity index (χ4n) is 1.34. The Morgan fingerprint density at radius 1 is 1.33 bits per heavy atom. The molecule has 0 unspecified atom stereocenters. The summed E-state index contributed by atoms with van der Waals surface area (Å²) in [5.74, 6) is 0. The van der Waals surface area contributed by atoms with Crippen LogP contribution >= 0.6 is 23.2 Å². The number of halogens is 2. The Kier molecular flexibility index (Phi) is 6.32. The van der Waals surface area contributed by atoms with E-state index in [1.807, 2.05) is 13.8 Å². The van der Waals surface area contributed by atoms with Crippen molar-refractivity contribution in [3.05, 3.63) is 16.1 Å². The van der Waals surface area contributed by atoms with Crippen LogP contribution in [0.15, 0.2) is 0 Å². The summed E-state index contributed by atoms with van der Waals surface area (Å²) in [5.41, 5.74) is 1.34. The molecule has 0 fully saturated rings. The second kappa shape index (κ2) is 7.51. The van der Waals surface area contributed by atoms with E-state index >= 15 is 0 Å². The number of nitrogens with one attached hydrogen (secondary N) is 2. The molecule has 0 aliphatic rings. The van der Waals surface area contributed by atoms with E-state index in [0.717, 1.165) is 0 Å². The standard InChI is InChI=1S/C11H16Cl2N4O/c1-3-7(14)8-9(15-5-6-18-4-2)10(12)17-11(13)16-8/h14-15H,3-6H2,1-2H3. The summed E-state index contributed by atoms with van der Waals surface area (Å²) in [6, 6.07) is 0. The van der Waals surface area contributed by atoms with Crippen LogP contribution < -0.4 is 5.32 Å². The molecule has 1 aromatic rings. The van der Waals surface area contributed by atoms with Crippen LogP contribution in [0.3, 0.4) is 0 Å². The highest BCUT2D eigenvalue weighted by Crippen LogP contribution is 2.25. The topological polar surface area (TPSA) is 70.9 Å². The van der Waals surface area contributed by atoms with Gasteiger partial charge in [-0.05, 0) is 24.9 Å². The van der Waals surface area contributed by atoms with Gasteiger partial charge in [0, 0.05) is 13.2 Å². The van der Waals surface area contributed by atoms with Crippen molar-refractivity contribution in [2.75, 3.05) is 25.1 Å². The Labute approximate surface area is 116 Å². The summed E-state index contributed by atoms with van der Waals surface area (Å²) in [4.78, 5) is 7.92. The van der Waals surface area contributed by atoms with E-state index in [-0.39, 0.29) is 10.4 Å². The third kappa shape index (κ3) is 4.08. The Morgan fingerprint density at radius 2 is 2.06 bits per heavy atom. The Morgan fingerprint density at radius 3 is 2.67 bits per heavy atom. The Hall–Kier alpha value is -0.910. The lowest BCUT2D eigenvalue weighted by Crippen LogP contribution is -2.14. The molecule has 1 aromatic heterocycles. The first-order valence-electron chi connectivity index (χ1n) is 5.72. The van der Waals surface area contributed by atoms with Crippen LogP contribution in [0, 0.1) is 5.41 Å². The second-order valence-electron chi connectivity index (χ2n) is 3.46. The van der Waals surface area contributed by atoms with E-state index in [9.17, 15) is 0 Å². The molecular formula is C11H16Cl2N4O. The highest BCUT2D eigenvalue weighted by atomic mass is 35.5. The first kappa shape index (κ1) is 15.1. The van der Waals surface area contributed by atoms with E-state index < -0.39 is 0 Å². The second-order valence-corrected chi connectivity index (χ2v) is 4.16. The molecule has 0 saturated carbocycles. The first-order chi connectivity index (χ1) is 8.60. The molecule has 2 N–H and O–H groups in total. The van der Waals surface area contributed by atoms with Crippen molar-refractivity contribution in [2.24, 2.45) is 0 Å².